The van der Waals surface area contributed by atoms with Gasteiger partial charge in [-0.25, -0.2) is 4.98 Å². The largest absolute Gasteiger partial charge is 0.360 e. The lowest BCUT2D eigenvalue weighted by molar-refractivity contribution is -0.115. The highest BCUT2D eigenvalue weighted by Crippen LogP contribution is 2.29. The summed E-state index contributed by atoms with van der Waals surface area (Å²) in [5, 5.41) is 6.90. The Hall–Kier alpha value is -2.92. The van der Waals surface area contributed by atoms with E-state index in [0.29, 0.717) is 0 Å². The highest BCUT2D eigenvalue weighted by atomic mass is 32.1. The monoisotopic (exact) mass is 361 g/mol. The second-order valence-electron chi connectivity index (χ2n) is 6.15. The van der Waals surface area contributed by atoms with Crippen LogP contribution in [0.3, 0.4) is 0 Å². The van der Waals surface area contributed by atoms with E-state index >= 15 is 0 Å². The number of benzene rings is 2. The molecule has 4 nitrogen and oxygen atoms in total. The summed E-state index contributed by atoms with van der Waals surface area (Å²) in [5.41, 5.74) is 5.14. The number of carbonyl (C=O) groups is 1. The molecule has 2 N–H and O–H groups in total. The van der Waals surface area contributed by atoms with E-state index in [2.05, 4.69) is 28.3 Å². The van der Waals surface area contributed by atoms with Crippen LogP contribution < -0.4 is 5.32 Å². The first-order chi connectivity index (χ1) is 12.7. The fourth-order valence-electron chi connectivity index (χ4n) is 2.97. The van der Waals surface area contributed by atoms with Crippen LogP contribution in [0.2, 0.25) is 0 Å². The fourth-order valence-corrected chi connectivity index (χ4v) is 3.76. The molecule has 0 atom stereocenters. The van der Waals surface area contributed by atoms with Crippen LogP contribution in [0.1, 0.15) is 17.5 Å². The molecule has 0 unspecified atom stereocenters. The maximum absolute atomic E-state index is 12.3. The lowest BCUT2D eigenvalue weighted by Gasteiger charge is -2.04. The molecular formula is C21H19N3OS. The Balaban J connectivity index is 1.47. The number of carbonyl (C=O) groups excluding carboxylic acids is 1. The van der Waals surface area contributed by atoms with Gasteiger partial charge in [-0.15, -0.1) is 11.3 Å². The Morgan fingerprint density at radius 1 is 1.15 bits per heavy atom. The van der Waals surface area contributed by atoms with E-state index in [0.717, 1.165) is 39.3 Å². The molecule has 0 aliphatic carbocycles. The number of hydrogen-bond donors (Lipinski definition) is 2. The van der Waals surface area contributed by atoms with Gasteiger partial charge in [0.2, 0.25) is 5.91 Å². The van der Waals surface area contributed by atoms with Crippen molar-refractivity contribution in [3.8, 4) is 11.3 Å². The number of H-pyrrole nitrogens is 1. The number of hydrogen-bond acceptors (Lipinski definition) is 3. The number of fused-ring (bicyclic) bond motifs is 1. The van der Waals surface area contributed by atoms with Crippen LogP contribution in [0.5, 0.6) is 0 Å². The summed E-state index contributed by atoms with van der Waals surface area (Å²) in [5.74, 6) is -0.0472. The van der Waals surface area contributed by atoms with Gasteiger partial charge in [-0.1, -0.05) is 37.3 Å². The van der Waals surface area contributed by atoms with E-state index in [9.17, 15) is 4.79 Å². The van der Waals surface area contributed by atoms with Gasteiger partial charge in [0.05, 0.1) is 12.1 Å². The summed E-state index contributed by atoms with van der Waals surface area (Å²) in [6.07, 6.45) is 3.24. The van der Waals surface area contributed by atoms with E-state index in [1.807, 2.05) is 54.0 Å². The van der Waals surface area contributed by atoms with E-state index in [4.69, 9.17) is 0 Å². The van der Waals surface area contributed by atoms with Crippen molar-refractivity contribution in [1.29, 1.82) is 0 Å². The number of aromatic amines is 1. The molecule has 1 amide bonds. The molecule has 26 heavy (non-hydrogen) atoms. The molecule has 4 aromatic rings. The predicted octanol–water partition coefficient (Wildman–Crippen LogP) is 5.04. The number of aryl methyl sites for hydroxylation is 1. The number of nitrogens with zero attached hydrogens (tertiary/aromatic N) is 1. The standard InChI is InChI=1S/C21H19N3OS/c1-2-14-7-9-15(10-8-14)23-20(25)11-21-24-19(13-26-21)17-12-22-18-6-4-3-5-16(17)18/h3-10,12-13,22H,2,11H2,1H3,(H,23,25). The summed E-state index contributed by atoms with van der Waals surface area (Å²) >= 11 is 1.52. The van der Waals surface area contributed by atoms with E-state index in [1.54, 1.807) is 0 Å². The van der Waals surface area contributed by atoms with Crippen molar-refractivity contribution < 1.29 is 4.79 Å². The van der Waals surface area contributed by atoms with Crippen molar-refractivity contribution >= 4 is 33.8 Å². The summed E-state index contributed by atoms with van der Waals surface area (Å²) in [6, 6.07) is 16.1. The van der Waals surface area contributed by atoms with Crippen molar-refractivity contribution in [3.63, 3.8) is 0 Å². The van der Waals surface area contributed by atoms with Gasteiger partial charge in [-0.05, 0) is 30.2 Å². The average Bonchev–Trinajstić information content (AvgIpc) is 3.29. The third-order valence-corrected chi connectivity index (χ3v) is 5.22. The van der Waals surface area contributed by atoms with Gasteiger partial charge in [0.25, 0.3) is 0 Å². The van der Waals surface area contributed by atoms with E-state index in [-0.39, 0.29) is 12.3 Å². The van der Waals surface area contributed by atoms with Gasteiger partial charge in [0.15, 0.2) is 0 Å². The van der Waals surface area contributed by atoms with Crippen molar-refractivity contribution in [2.45, 2.75) is 19.8 Å². The Morgan fingerprint density at radius 2 is 1.96 bits per heavy atom. The summed E-state index contributed by atoms with van der Waals surface area (Å²) < 4.78 is 0. The van der Waals surface area contributed by atoms with Crippen molar-refractivity contribution in [2.75, 3.05) is 5.32 Å². The summed E-state index contributed by atoms with van der Waals surface area (Å²) in [7, 11) is 0. The number of aromatic nitrogens is 2. The van der Waals surface area contributed by atoms with Gasteiger partial charge in [0, 0.05) is 33.7 Å². The minimum Gasteiger partial charge on any atom is -0.360 e. The smallest absolute Gasteiger partial charge is 0.231 e. The SMILES string of the molecule is CCc1ccc(NC(=O)Cc2nc(-c3c[nH]c4ccccc34)cs2)cc1. The fraction of sp³-hybridized carbons (Fsp3) is 0.143. The molecule has 0 fully saturated rings. The first-order valence-corrected chi connectivity index (χ1v) is 9.50. The van der Waals surface area contributed by atoms with Crippen molar-refractivity contribution in [2.24, 2.45) is 0 Å². The van der Waals surface area contributed by atoms with Crippen LogP contribution in [0.25, 0.3) is 22.2 Å². The average molecular weight is 361 g/mol. The second kappa shape index (κ2) is 7.14. The molecule has 0 aliphatic heterocycles. The minimum absolute atomic E-state index is 0.0472. The summed E-state index contributed by atoms with van der Waals surface area (Å²) in [6.45, 7) is 2.11. The Labute approximate surface area is 155 Å². The zero-order valence-electron chi connectivity index (χ0n) is 14.5. The molecule has 0 saturated heterocycles. The Bertz CT molecular complexity index is 1050. The quantitative estimate of drug-likeness (QED) is 0.523. The van der Waals surface area contributed by atoms with Crippen LogP contribution in [0.4, 0.5) is 5.69 Å². The normalized spacial score (nSPS) is 11.0. The number of para-hydroxylation sites is 1. The molecule has 130 valence electrons. The number of amides is 1. The first-order valence-electron chi connectivity index (χ1n) is 8.62. The Morgan fingerprint density at radius 3 is 2.77 bits per heavy atom. The molecule has 2 aromatic carbocycles. The van der Waals surface area contributed by atoms with Crippen molar-refractivity contribution in [1.82, 2.24) is 9.97 Å². The van der Waals surface area contributed by atoms with Crippen LogP contribution >= 0.6 is 11.3 Å². The zero-order chi connectivity index (χ0) is 17.9. The third-order valence-electron chi connectivity index (χ3n) is 4.37. The Kier molecular flexibility index (Phi) is 4.54. The molecule has 2 aromatic heterocycles. The van der Waals surface area contributed by atoms with Gasteiger partial charge in [-0.2, -0.15) is 0 Å². The minimum atomic E-state index is -0.0472. The molecule has 0 bridgehead atoms. The molecular weight excluding hydrogens is 342 g/mol. The van der Waals surface area contributed by atoms with Gasteiger partial charge >= 0.3 is 0 Å². The van der Waals surface area contributed by atoms with Gasteiger partial charge in [0.1, 0.15) is 5.01 Å². The first kappa shape index (κ1) is 16.5. The van der Waals surface area contributed by atoms with Crippen molar-refractivity contribution in [3.05, 3.63) is 70.7 Å². The number of anilines is 1. The number of thiazole rings is 1. The topological polar surface area (TPSA) is 57.8 Å². The maximum Gasteiger partial charge on any atom is 0.231 e. The predicted molar refractivity (Wildman–Crippen MR) is 108 cm³/mol. The van der Waals surface area contributed by atoms with E-state index in [1.165, 1.54) is 16.9 Å². The van der Waals surface area contributed by atoms with Gasteiger partial charge in [-0.3, -0.25) is 4.79 Å². The van der Waals surface area contributed by atoms with Crippen LogP contribution in [-0.2, 0) is 17.6 Å². The lowest BCUT2D eigenvalue weighted by Crippen LogP contribution is -2.14. The highest BCUT2D eigenvalue weighted by Gasteiger charge is 2.12. The van der Waals surface area contributed by atoms with Crippen LogP contribution in [-0.4, -0.2) is 15.9 Å². The van der Waals surface area contributed by atoms with Crippen LogP contribution in [0, 0.1) is 0 Å². The lowest BCUT2D eigenvalue weighted by atomic mass is 10.1. The molecule has 2 heterocycles. The van der Waals surface area contributed by atoms with Gasteiger partial charge < -0.3 is 10.3 Å². The molecule has 0 aliphatic rings. The second-order valence-corrected chi connectivity index (χ2v) is 7.09. The summed E-state index contributed by atoms with van der Waals surface area (Å²) in [4.78, 5) is 20.2. The zero-order valence-corrected chi connectivity index (χ0v) is 15.3. The van der Waals surface area contributed by atoms with E-state index < -0.39 is 0 Å². The highest BCUT2D eigenvalue weighted by molar-refractivity contribution is 7.10. The molecule has 4 rings (SSSR count). The molecule has 5 heteroatoms. The molecule has 0 spiro atoms. The van der Waals surface area contributed by atoms with Crippen LogP contribution in [0.15, 0.2) is 60.1 Å². The molecule has 0 saturated carbocycles. The maximum atomic E-state index is 12.3. The number of nitrogens with one attached hydrogen (secondary N) is 2. The number of rotatable bonds is 5. The third kappa shape index (κ3) is 3.39. The molecule has 0 radical (unpaired) electrons.